The van der Waals surface area contributed by atoms with Crippen LogP contribution in [0.25, 0.3) is 0 Å². The van der Waals surface area contributed by atoms with Crippen LogP contribution in [0.5, 0.6) is 0 Å². The minimum atomic E-state index is -2.82. The maximum Gasteiger partial charge on any atom is 0.194 e. The van der Waals surface area contributed by atoms with Crippen molar-refractivity contribution >= 4 is 39.8 Å². The van der Waals surface area contributed by atoms with Crippen LogP contribution < -0.4 is 5.32 Å². The molecule has 0 amide bonds. The molecule has 3 saturated heterocycles. The van der Waals surface area contributed by atoms with Gasteiger partial charge in [0.15, 0.2) is 15.8 Å². The third kappa shape index (κ3) is 6.22. The van der Waals surface area contributed by atoms with Crippen LogP contribution in [0.1, 0.15) is 46.0 Å². The molecule has 0 spiro atoms. The molecular formula is C18H35IN4O2S. The van der Waals surface area contributed by atoms with E-state index in [1.165, 1.54) is 38.8 Å². The number of nitrogens with zero attached hydrogens (tertiary/aromatic N) is 3. The second-order valence-electron chi connectivity index (χ2n) is 8.22. The summed E-state index contributed by atoms with van der Waals surface area (Å²) < 4.78 is 23.3. The Bertz CT molecular complexity index is 576. The van der Waals surface area contributed by atoms with E-state index in [2.05, 4.69) is 29.0 Å². The lowest BCUT2D eigenvalue weighted by molar-refractivity contribution is 0.168. The lowest BCUT2D eigenvalue weighted by Gasteiger charge is -2.32. The van der Waals surface area contributed by atoms with E-state index in [9.17, 15) is 8.42 Å². The number of guanidine groups is 1. The number of halogens is 1. The molecule has 0 radical (unpaired) electrons. The first-order chi connectivity index (χ1) is 11.9. The van der Waals surface area contributed by atoms with Gasteiger partial charge in [0.1, 0.15) is 0 Å². The molecule has 2 atom stereocenters. The summed E-state index contributed by atoms with van der Waals surface area (Å²) in [6.45, 7) is 9.45. The Morgan fingerprint density at radius 2 is 1.88 bits per heavy atom. The molecule has 8 heteroatoms. The molecule has 26 heavy (non-hydrogen) atoms. The molecule has 0 aromatic heterocycles. The molecule has 0 saturated carbocycles. The molecule has 3 aliphatic rings. The largest absolute Gasteiger partial charge is 0.354 e. The first-order valence-electron chi connectivity index (χ1n) is 9.93. The van der Waals surface area contributed by atoms with Crippen molar-refractivity contribution in [1.82, 2.24) is 15.1 Å². The zero-order valence-electron chi connectivity index (χ0n) is 16.2. The maximum absolute atomic E-state index is 11.7. The zero-order chi connectivity index (χ0) is 17.9. The van der Waals surface area contributed by atoms with Crippen LogP contribution in [-0.4, -0.2) is 80.5 Å². The Labute approximate surface area is 176 Å². The maximum atomic E-state index is 11.7. The van der Waals surface area contributed by atoms with Gasteiger partial charge in [0.2, 0.25) is 0 Å². The first-order valence-corrected chi connectivity index (χ1v) is 11.8. The molecule has 0 bridgehead atoms. The molecule has 3 heterocycles. The molecule has 3 rings (SSSR count). The van der Waals surface area contributed by atoms with E-state index in [4.69, 9.17) is 4.99 Å². The van der Waals surface area contributed by atoms with Gasteiger partial charge in [-0.15, -0.1) is 24.0 Å². The lowest BCUT2D eigenvalue weighted by atomic mass is 10.1. The third-order valence-corrected chi connectivity index (χ3v) is 7.45. The fourth-order valence-corrected chi connectivity index (χ4v) is 6.09. The summed E-state index contributed by atoms with van der Waals surface area (Å²) in [6, 6.07) is 0.978. The summed E-state index contributed by atoms with van der Waals surface area (Å²) in [5.74, 6) is 1.80. The highest BCUT2D eigenvalue weighted by molar-refractivity contribution is 14.0. The molecular weight excluding hydrogens is 463 g/mol. The van der Waals surface area contributed by atoms with Crippen LogP contribution in [0.15, 0.2) is 4.99 Å². The SMILES string of the molecule is CC(C)NC(=NCC1CCS(=O)(=O)C1)N1CCC(N2CCCCC2)C1.I. The average Bonchev–Trinajstić information content (AvgIpc) is 3.18. The van der Waals surface area contributed by atoms with Crippen LogP contribution in [0, 0.1) is 5.92 Å². The van der Waals surface area contributed by atoms with Gasteiger partial charge in [-0.05, 0) is 58.5 Å². The van der Waals surface area contributed by atoms with Crippen molar-refractivity contribution in [2.45, 2.75) is 58.0 Å². The number of likely N-dealkylation sites (tertiary alicyclic amines) is 2. The minimum Gasteiger partial charge on any atom is -0.354 e. The number of hydrogen-bond acceptors (Lipinski definition) is 4. The number of aliphatic imine (C=N–C) groups is 1. The van der Waals surface area contributed by atoms with Crippen molar-refractivity contribution in [3.63, 3.8) is 0 Å². The number of nitrogens with one attached hydrogen (secondary N) is 1. The van der Waals surface area contributed by atoms with Gasteiger partial charge in [-0.2, -0.15) is 0 Å². The number of rotatable bonds is 4. The number of piperidine rings is 1. The topological polar surface area (TPSA) is 65.0 Å². The molecule has 0 aromatic rings. The zero-order valence-corrected chi connectivity index (χ0v) is 19.3. The Morgan fingerprint density at radius 3 is 2.50 bits per heavy atom. The fraction of sp³-hybridized carbons (Fsp3) is 0.944. The van der Waals surface area contributed by atoms with Gasteiger partial charge >= 0.3 is 0 Å². The van der Waals surface area contributed by atoms with Gasteiger partial charge in [0, 0.05) is 31.7 Å². The van der Waals surface area contributed by atoms with Gasteiger partial charge in [-0.3, -0.25) is 9.89 Å². The van der Waals surface area contributed by atoms with Crippen LogP contribution in [0.2, 0.25) is 0 Å². The second kappa shape index (κ2) is 9.91. The minimum absolute atomic E-state index is 0. The highest BCUT2D eigenvalue weighted by atomic mass is 127. The van der Waals surface area contributed by atoms with E-state index in [0.717, 1.165) is 25.5 Å². The molecule has 3 aliphatic heterocycles. The molecule has 2 unspecified atom stereocenters. The van der Waals surface area contributed by atoms with Crippen LogP contribution in [0.4, 0.5) is 0 Å². The third-order valence-electron chi connectivity index (χ3n) is 5.61. The van der Waals surface area contributed by atoms with Crippen LogP contribution in [0.3, 0.4) is 0 Å². The van der Waals surface area contributed by atoms with E-state index < -0.39 is 9.84 Å². The van der Waals surface area contributed by atoms with Crippen LogP contribution in [-0.2, 0) is 9.84 Å². The lowest BCUT2D eigenvalue weighted by Crippen LogP contribution is -2.46. The van der Waals surface area contributed by atoms with Gasteiger partial charge in [0.25, 0.3) is 0 Å². The van der Waals surface area contributed by atoms with Crippen molar-refractivity contribution in [1.29, 1.82) is 0 Å². The first kappa shape index (κ1) is 22.2. The summed E-state index contributed by atoms with van der Waals surface area (Å²) >= 11 is 0. The Morgan fingerprint density at radius 1 is 1.15 bits per heavy atom. The van der Waals surface area contributed by atoms with Gasteiger partial charge in [-0.25, -0.2) is 8.42 Å². The summed E-state index contributed by atoms with van der Waals surface area (Å²) in [6.07, 6.45) is 6.00. The summed E-state index contributed by atoms with van der Waals surface area (Å²) in [5, 5.41) is 3.50. The molecule has 0 aromatic carbocycles. The van der Waals surface area contributed by atoms with E-state index in [1.54, 1.807) is 0 Å². The summed E-state index contributed by atoms with van der Waals surface area (Å²) in [4.78, 5) is 9.85. The Kier molecular flexibility index (Phi) is 8.46. The Hall–Kier alpha value is -0.0900. The van der Waals surface area contributed by atoms with Gasteiger partial charge in [0.05, 0.1) is 11.5 Å². The summed E-state index contributed by atoms with van der Waals surface area (Å²) in [5.41, 5.74) is 0. The predicted octanol–water partition coefficient (Wildman–Crippen LogP) is 1.95. The average molecular weight is 498 g/mol. The van der Waals surface area contributed by atoms with Crippen molar-refractivity contribution < 1.29 is 8.42 Å². The highest BCUT2D eigenvalue weighted by Gasteiger charge is 2.31. The molecule has 6 nitrogen and oxygen atoms in total. The fourth-order valence-electron chi connectivity index (χ4n) is 4.24. The molecule has 0 aliphatic carbocycles. The van der Waals surface area contributed by atoms with Gasteiger partial charge < -0.3 is 10.2 Å². The standard InChI is InChI=1S/C18H34N4O2S.HI/c1-15(2)20-18(19-12-16-7-11-25(23,24)14-16)22-10-6-17(13-22)21-8-4-3-5-9-21;/h15-17H,3-14H2,1-2H3,(H,19,20);1H. The van der Waals surface area contributed by atoms with E-state index in [1.807, 2.05) is 0 Å². The molecule has 152 valence electrons. The van der Waals surface area contributed by atoms with E-state index >= 15 is 0 Å². The predicted molar refractivity (Wildman–Crippen MR) is 118 cm³/mol. The smallest absolute Gasteiger partial charge is 0.194 e. The normalized spacial score (nSPS) is 29.8. The van der Waals surface area contributed by atoms with E-state index in [0.29, 0.717) is 30.1 Å². The van der Waals surface area contributed by atoms with Crippen molar-refractivity contribution in [3.05, 3.63) is 0 Å². The van der Waals surface area contributed by atoms with Gasteiger partial charge in [-0.1, -0.05) is 6.42 Å². The quantitative estimate of drug-likeness (QED) is 0.365. The molecule has 1 N–H and O–H groups in total. The van der Waals surface area contributed by atoms with Crippen molar-refractivity contribution in [3.8, 4) is 0 Å². The second-order valence-corrected chi connectivity index (χ2v) is 10.4. The molecule has 3 fully saturated rings. The monoisotopic (exact) mass is 498 g/mol. The number of hydrogen-bond donors (Lipinski definition) is 1. The van der Waals surface area contributed by atoms with Crippen molar-refractivity contribution in [2.75, 3.05) is 44.2 Å². The van der Waals surface area contributed by atoms with Crippen molar-refractivity contribution in [2.24, 2.45) is 10.9 Å². The highest BCUT2D eigenvalue weighted by Crippen LogP contribution is 2.21. The number of sulfone groups is 1. The van der Waals surface area contributed by atoms with Crippen LogP contribution >= 0.6 is 24.0 Å². The Balaban J connectivity index is 0.00000243. The van der Waals surface area contributed by atoms with E-state index in [-0.39, 0.29) is 29.9 Å². The summed E-state index contributed by atoms with van der Waals surface area (Å²) in [7, 11) is -2.82.